The van der Waals surface area contributed by atoms with Gasteiger partial charge in [0, 0.05) is 5.56 Å². The molecule has 0 radical (unpaired) electrons. The van der Waals surface area contributed by atoms with Gasteiger partial charge >= 0.3 is 18.5 Å². The van der Waals surface area contributed by atoms with E-state index in [2.05, 4.69) is 9.99 Å². The van der Waals surface area contributed by atoms with Gasteiger partial charge in [-0.05, 0) is 42.8 Å². The number of oxime groups is 1. The number of hydrogen-bond donors (Lipinski definition) is 1. The Morgan fingerprint density at radius 1 is 1.00 bits per heavy atom. The Hall–Kier alpha value is -2.71. The molecule has 0 aliphatic rings. The first-order chi connectivity index (χ1) is 18.2. The van der Waals surface area contributed by atoms with E-state index in [4.69, 9.17) is 34.8 Å². The van der Waals surface area contributed by atoms with Crippen LogP contribution >= 0.6 is 34.8 Å². The molecule has 1 N–H and O–H groups in total. The molecule has 2 unspecified atom stereocenters. The molecule has 4 nitrogen and oxygen atoms in total. The lowest BCUT2D eigenvalue weighted by molar-refractivity contribution is -0.173. The molecule has 17 heteroatoms. The Labute approximate surface area is 234 Å². The molecule has 2 rings (SSSR count). The van der Waals surface area contributed by atoms with Crippen LogP contribution in [-0.4, -0.2) is 37.1 Å². The average molecular weight is 648 g/mol. The highest BCUT2D eigenvalue weighted by Gasteiger charge is 2.41. The second-order valence-corrected chi connectivity index (χ2v) is 9.19. The van der Waals surface area contributed by atoms with E-state index in [0.717, 1.165) is 19.1 Å². The largest absolute Gasteiger partial charge is 0.425 e. The highest BCUT2D eigenvalue weighted by atomic mass is 35.5. The molecule has 0 fully saturated rings. The lowest BCUT2D eigenvalue weighted by Crippen LogP contribution is -2.35. The summed E-state index contributed by atoms with van der Waals surface area (Å²) in [5.41, 5.74) is -4.35. The van der Waals surface area contributed by atoms with E-state index in [1.807, 2.05) is 5.32 Å². The third kappa shape index (κ3) is 9.44. The SMILES string of the molecule is CC(/C=N/OCC(F)(F)F)NC(=O)c1ccc(/C(F)=C/C(c2cc(Cl)c(Cl)c(Cl)c2)C(F)(F)F)cc1C(F)(F)F. The van der Waals surface area contributed by atoms with Gasteiger partial charge in [0.15, 0.2) is 0 Å². The van der Waals surface area contributed by atoms with Gasteiger partial charge in [-0.3, -0.25) is 4.79 Å². The van der Waals surface area contributed by atoms with E-state index >= 15 is 0 Å². The van der Waals surface area contributed by atoms with Crippen molar-refractivity contribution in [2.24, 2.45) is 5.16 Å². The van der Waals surface area contributed by atoms with E-state index in [0.29, 0.717) is 18.3 Å². The molecule has 0 aliphatic heterocycles. The van der Waals surface area contributed by atoms with Crippen molar-refractivity contribution in [3.8, 4) is 0 Å². The summed E-state index contributed by atoms with van der Waals surface area (Å²) < 4.78 is 133. The highest BCUT2D eigenvalue weighted by molar-refractivity contribution is 6.48. The van der Waals surface area contributed by atoms with Crippen LogP contribution in [0.25, 0.3) is 5.83 Å². The smallest absolute Gasteiger partial charge is 0.386 e. The monoisotopic (exact) mass is 646 g/mol. The zero-order valence-corrected chi connectivity index (χ0v) is 21.8. The maximum Gasteiger partial charge on any atom is 0.425 e. The first-order valence-electron chi connectivity index (χ1n) is 10.5. The van der Waals surface area contributed by atoms with Crippen LogP contribution in [0.1, 0.15) is 39.9 Å². The summed E-state index contributed by atoms with van der Waals surface area (Å²) in [6.45, 7) is -0.606. The van der Waals surface area contributed by atoms with Crippen molar-refractivity contribution < 1.29 is 53.5 Å². The van der Waals surface area contributed by atoms with Crippen molar-refractivity contribution in [2.75, 3.05) is 6.61 Å². The second kappa shape index (κ2) is 12.9. The quantitative estimate of drug-likeness (QED) is 0.135. The number of amides is 1. The van der Waals surface area contributed by atoms with Crippen LogP contribution in [0.3, 0.4) is 0 Å². The number of halogens is 13. The topological polar surface area (TPSA) is 50.7 Å². The summed E-state index contributed by atoms with van der Waals surface area (Å²) in [5.74, 6) is -5.81. The number of carbonyl (C=O) groups is 1. The number of carbonyl (C=O) groups excluding carboxylic acids is 1. The molecule has 0 saturated heterocycles. The van der Waals surface area contributed by atoms with Crippen LogP contribution in [0.5, 0.6) is 0 Å². The van der Waals surface area contributed by atoms with Crippen LogP contribution in [-0.2, 0) is 11.0 Å². The molecule has 0 bridgehead atoms. The molecule has 0 saturated carbocycles. The zero-order valence-electron chi connectivity index (χ0n) is 19.6. The summed E-state index contributed by atoms with van der Waals surface area (Å²) in [6.07, 6.45) is -14.4. The van der Waals surface area contributed by atoms with Crippen molar-refractivity contribution in [2.45, 2.75) is 37.4 Å². The molecule has 1 amide bonds. The fourth-order valence-electron chi connectivity index (χ4n) is 3.07. The molecule has 2 aromatic carbocycles. The maximum atomic E-state index is 14.9. The number of nitrogens with zero attached hydrogens (tertiary/aromatic N) is 1. The molecule has 40 heavy (non-hydrogen) atoms. The maximum absolute atomic E-state index is 14.9. The van der Waals surface area contributed by atoms with Gasteiger partial charge in [-0.2, -0.15) is 39.5 Å². The summed E-state index contributed by atoms with van der Waals surface area (Å²) in [6, 6.07) is 1.60. The summed E-state index contributed by atoms with van der Waals surface area (Å²) in [5, 5.41) is 3.92. The predicted molar refractivity (Wildman–Crippen MR) is 128 cm³/mol. The molecule has 2 atom stereocenters. The van der Waals surface area contributed by atoms with Crippen LogP contribution in [0.2, 0.25) is 15.1 Å². The lowest BCUT2D eigenvalue weighted by atomic mass is 9.95. The van der Waals surface area contributed by atoms with Gasteiger partial charge in [-0.25, -0.2) is 4.39 Å². The van der Waals surface area contributed by atoms with E-state index in [1.165, 1.54) is 0 Å². The van der Waals surface area contributed by atoms with Gasteiger partial charge in [0.25, 0.3) is 5.91 Å². The number of rotatable bonds is 8. The molecule has 0 aliphatic carbocycles. The molecule has 2 aromatic rings. The fraction of sp³-hybridized carbons (Fsp3) is 0.304. The van der Waals surface area contributed by atoms with Gasteiger partial charge in [-0.1, -0.05) is 46.0 Å². The van der Waals surface area contributed by atoms with Gasteiger partial charge in [0.2, 0.25) is 6.61 Å². The minimum Gasteiger partial charge on any atom is -0.386 e. The molecular formula is C23H15Cl3F10N2O2. The fourth-order valence-corrected chi connectivity index (χ4v) is 3.68. The van der Waals surface area contributed by atoms with Crippen LogP contribution < -0.4 is 5.32 Å². The number of alkyl halides is 9. The minimum absolute atomic E-state index is 0.00458. The Bertz CT molecular complexity index is 1270. The van der Waals surface area contributed by atoms with Crippen LogP contribution in [0.4, 0.5) is 43.9 Å². The Kier molecular flexibility index (Phi) is 10.8. The van der Waals surface area contributed by atoms with Crippen molar-refractivity contribution in [1.82, 2.24) is 5.32 Å². The van der Waals surface area contributed by atoms with Crippen molar-refractivity contribution in [1.29, 1.82) is 0 Å². The Morgan fingerprint density at radius 2 is 1.57 bits per heavy atom. The van der Waals surface area contributed by atoms with Crippen LogP contribution in [0.15, 0.2) is 41.6 Å². The van der Waals surface area contributed by atoms with E-state index in [9.17, 15) is 48.7 Å². The van der Waals surface area contributed by atoms with E-state index in [-0.39, 0.29) is 27.2 Å². The Balaban J connectivity index is 2.41. The van der Waals surface area contributed by atoms with Gasteiger partial charge in [-0.15, -0.1) is 0 Å². The summed E-state index contributed by atoms with van der Waals surface area (Å²) >= 11 is 17.2. The highest BCUT2D eigenvalue weighted by Crippen LogP contribution is 2.42. The lowest BCUT2D eigenvalue weighted by Gasteiger charge is -2.19. The van der Waals surface area contributed by atoms with Gasteiger partial charge in [0.05, 0.1) is 38.5 Å². The summed E-state index contributed by atoms with van der Waals surface area (Å²) in [4.78, 5) is 16.3. The molecule has 220 valence electrons. The Morgan fingerprint density at radius 3 is 2.08 bits per heavy atom. The predicted octanol–water partition coefficient (Wildman–Crippen LogP) is 9.01. The van der Waals surface area contributed by atoms with E-state index < -0.39 is 71.1 Å². The van der Waals surface area contributed by atoms with E-state index in [1.54, 1.807) is 0 Å². The van der Waals surface area contributed by atoms with Crippen molar-refractivity contribution >= 4 is 52.8 Å². The number of nitrogens with one attached hydrogen (secondary N) is 1. The number of hydrogen-bond acceptors (Lipinski definition) is 3. The third-order valence-corrected chi connectivity index (χ3v) is 6.02. The van der Waals surface area contributed by atoms with Crippen molar-refractivity contribution in [3.63, 3.8) is 0 Å². The van der Waals surface area contributed by atoms with Gasteiger partial charge < -0.3 is 10.2 Å². The standard InChI is InChI=1S/C23H15Cl3F10N2O2/c1-10(8-37-40-9-21(28,29)30)38-20(39)13-3-2-11(4-15(13)23(34,35)36)18(27)7-14(22(31,32)33)12-5-16(24)19(26)17(25)6-12/h2-8,10,14H,9H2,1H3,(H,38,39)/b18-7-,37-8+. The average Bonchev–Trinajstić information content (AvgIpc) is 2.81. The molecular weight excluding hydrogens is 633 g/mol. The number of allylic oxidation sites excluding steroid dienone is 1. The van der Waals surface area contributed by atoms with Crippen LogP contribution in [0, 0.1) is 0 Å². The molecule has 0 spiro atoms. The first kappa shape index (κ1) is 33.5. The first-order valence-corrected chi connectivity index (χ1v) is 11.7. The molecule has 0 heterocycles. The second-order valence-electron chi connectivity index (χ2n) is 8.00. The zero-order chi connectivity index (χ0) is 30.6. The minimum atomic E-state index is -5.27. The number of benzene rings is 2. The summed E-state index contributed by atoms with van der Waals surface area (Å²) in [7, 11) is 0. The van der Waals surface area contributed by atoms with Crippen molar-refractivity contribution in [3.05, 3.63) is 73.7 Å². The molecule has 0 aromatic heterocycles. The normalized spacial score (nSPS) is 14.8. The van der Waals surface area contributed by atoms with Gasteiger partial charge in [0.1, 0.15) is 11.7 Å². The third-order valence-electron chi connectivity index (χ3n) is 4.82.